The molecule has 0 bridgehead atoms. The average Bonchev–Trinajstić information content (AvgIpc) is 2.05. The van der Waals surface area contributed by atoms with E-state index in [2.05, 4.69) is 50.2 Å². The second kappa shape index (κ2) is 5.33. The lowest BCUT2D eigenvalue weighted by Gasteiger charge is -2.19. The second-order valence-corrected chi connectivity index (χ2v) is 3.05. The molecule has 0 N–H and O–H groups in total. The van der Waals surface area contributed by atoms with E-state index in [1.165, 1.54) is 5.56 Å². The number of rotatable bonds is 2. The van der Waals surface area contributed by atoms with Crippen molar-refractivity contribution in [1.82, 2.24) is 4.90 Å². The van der Waals surface area contributed by atoms with Crippen molar-refractivity contribution in [3.8, 4) is 0 Å². The van der Waals surface area contributed by atoms with Crippen LogP contribution in [0.3, 0.4) is 0 Å². The Labute approximate surface area is 85.2 Å². The van der Waals surface area contributed by atoms with E-state index in [4.69, 9.17) is 0 Å². The topological polar surface area (TPSA) is 3.24 Å². The third-order valence-electron chi connectivity index (χ3n) is 2.06. The molecular formula is C10H16BrN. The fraction of sp³-hybridized carbons (Fsp3) is 0.400. The van der Waals surface area contributed by atoms with Crippen LogP contribution in [0, 0.1) is 0 Å². The normalized spacial score (nSPS) is 12.3. The number of halogens is 1. The highest BCUT2D eigenvalue weighted by Gasteiger charge is 2.04. The van der Waals surface area contributed by atoms with Crippen molar-refractivity contribution in [2.75, 3.05) is 14.1 Å². The summed E-state index contributed by atoms with van der Waals surface area (Å²) in [5.74, 6) is 0. The van der Waals surface area contributed by atoms with Gasteiger partial charge in [-0.05, 0) is 26.6 Å². The maximum Gasteiger partial charge on any atom is 0.0313 e. The van der Waals surface area contributed by atoms with Gasteiger partial charge in [-0.15, -0.1) is 17.0 Å². The van der Waals surface area contributed by atoms with E-state index >= 15 is 0 Å². The first-order valence-electron chi connectivity index (χ1n) is 3.93. The molecule has 0 radical (unpaired) electrons. The molecule has 0 spiro atoms. The van der Waals surface area contributed by atoms with Crippen molar-refractivity contribution in [2.45, 2.75) is 13.0 Å². The number of hydrogen-bond donors (Lipinski definition) is 0. The Kier molecular flexibility index (Phi) is 5.18. The zero-order chi connectivity index (χ0) is 8.27. The van der Waals surface area contributed by atoms with Crippen molar-refractivity contribution in [1.29, 1.82) is 0 Å². The summed E-state index contributed by atoms with van der Waals surface area (Å²) in [6.07, 6.45) is 0. The maximum atomic E-state index is 2.20. The van der Waals surface area contributed by atoms with Crippen LogP contribution in [-0.2, 0) is 0 Å². The minimum Gasteiger partial charge on any atom is -0.303 e. The monoisotopic (exact) mass is 229 g/mol. The van der Waals surface area contributed by atoms with Gasteiger partial charge in [-0.1, -0.05) is 30.3 Å². The summed E-state index contributed by atoms with van der Waals surface area (Å²) in [5.41, 5.74) is 1.37. The highest BCUT2D eigenvalue weighted by molar-refractivity contribution is 8.93. The minimum absolute atomic E-state index is 0. The van der Waals surface area contributed by atoms with Gasteiger partial charge in [0, 0.05) is 6.04 Å². The highest BCUT2D eigenvalue weighted by Crippen LogP contribution is 2.15. The van der Waals surface area contributed by atoms with Crippen molar-refractivity contribution in [3.05, 3.63) is 35.9 Å². The summed E-state index contributed by atoms with van der Waals surface area (Å²) in [7, 11) is 4.19. The molecule has 1 aromatic carbocycles. The van der Waals surface area contributed by atoms with Crippen LogP contribution in [-0.4, -0.2) is 19.0 Å². The van der Waals surface area contributed by atoms with Gasteiger partial charge < -0.3 is 4.90 Å². The van der Waals surface area contributed by atoms with E-state index in [0.717, 1.165) is 0 Å². The SMILES string of the molecule is Br.C[C@@H](c1ccccc1)N(C)C. The van der Waals surface area contributed by atoms with Gasteiger partial charge in [-0.25, -0.2) is 0 Å². The standard InChI is InChI=1S/C10H15N.BrH/c1-9(11(2)3)10-7-5-4-6-8-10;/h4-9H,1-3H3;1H/t9-;/m0./s1. The molecular weight excluding hydrogens is 214 g/mol. The molecule has 0 aromatic heterocycles. The molecule has 0 aliphatic heterocycles. The zero-order valence-electron chi connectivity index (χ0n) is 7.82. The van der Waals surface area contributed by atoms with Crippen LogP contribution in [0.2, 0.25) is 0 Å². The van der Waals surface area contributed by atoms with E-state index < -0.39 is 0 Å². The largest absolute Gasteiger partial charge is 0.303 e. The van der Waals surface area contributed by atoms with Gasteiger partial charge in [-0.3, -0.25) is 0 Å². The molecule has 0 aliphatic rings. The number of hydrogen-bond acceptors (Lipinski definition) is 1. The molecule has 1 rings (SSSR count). The Morgan fingerprint density at radius 1 is 1.08 bits per heavy atom. The van der Waals surface area contributed by atoms with Crippen molar-refractivity contribution >= 4 is 17.0 Å². The summed E-state index contributed by atoms with van der Waals surface area (Å²) in [6, 6.07) is 11.0. The Balaban J connectivity index is 0.00000121. The predicted molar refractivity (Wildman–Crippen MR) is 58.9 cm³/mol. The molecule has 68 valence electrons. The summed E-state index contributed by atoms with van der Waals surface area (Å²) >= 11 is 0. The summed E-state index contributed by atoms with van der Waals surface area (Å²) in [5, 5.41) is 0. The zero-order valence-corrected chi connectivity index (χ0v) is 9.53. The van der Waals surface area contributed by atoms with Crippen LogP contribution in [0.1, 0.15) is 18.5 Å². The van der Waals surface area contributed by atoms with Crippen molar-refractivity contribution < 1.29 is 0 Å². The predicted octanol–water partition coefficient (Wildman–Crippen LogP) is 2.89. The Bertz CT molecular complexity index is 208. The lowest BCUT2D eigenvalue weighted by Crippen LogP contribution is -2.16. The Hall–Kier alpha value is -0.340. The molecule has 1 aromatic rings. The Morgan fingerprint density at radius 3 is 2.00 bits per heavy atom. The van der Waals surface area contributed by atoms with Gasteiger partial charge in [0.25, 0.3) is 0 Å². The number of nitrogens with zero attached hydrogens (tertiary/aromatic N) is 1. The molecule has 1 nitrogen and oxygen atoms in total. The molecule has 12 heavy (non-hydrogen) atoms. The van der Waals surface area contributed by atoms with Crippen molar-refractivity contribution in [2.24, 2.45) is 0 Å². The van der Waals surface area contributed by atoms with Crippen LogP contribution >= 0.6 is 17.0 Å². The quantitative estimate of drug-likeness (QED) is 0.755. The maximum absolute atomic E-state index is 2.20. The molecule has 0 saturated carbocycles. The summed E-state index contributed by atoms with van der Waals surface area (Å²) in [6.45, 7) is 2.20. The van der Waals surface area contributed by atoms with E-state index in [1.807, 2.05) is 6.07 Å². The first kappa shape index (κ1) is 11.7. The average molecular weight is 230 g/mol. The van der Waals surface area contributed by atoms with Crippen molar-refractivity contribution in [3.63, 3.8) is 0 Å². The lowest BCUT2D eigenvalue weighted by atomic mass is 10.1. The minimum atomic E-state index is 0. The van der Waals surface area contributed by atoms with Crippen LogP contribution in [0.15, 0.2) is 30.3 Å². The van der Waals surface area contributed by atoms with Gasteiger partial charge in [-0.2, -0.15) is 0 Å². The summed E-state index contributed by atoms with van der Waals surface area (Å²) in [4.78, 5) is 2.20. The third kappa shape index (κ3) is 2.95. The fourth-order valence-electron chi connectivity index (χ4n) is 1.03. The molecule has 0 aliphatic carbocycles. The number of benzene rings is 1. The van der Waals surface area contributed by atoms with Crippen LogP contribution in [0.25, 0.3) is 0 Å². The smallest absolute Gasteiger partial charge is 0.0313 e. The van der Waals surface area contributed by atoms with Crippen LogP contribution < -0.4 is 0 Å². The van der Waals surface area contributed by atoms with E-state index in [1.54, 1.807) is 0 Å². The first-order valence-corrected chi connectivity index (χ1v) is 3.93. The van der Waals surface area contributed by atoms with Gasteiger partial charge >= 0.3 is 0 Å². The van der Waals surface area contributed by atoms with E-state index in [9.17, 15) is 0 Å². The Morgan fingerprint density at radius 2 is 1.58 bits per heavy atom. The van der Waals surface area contributed by atoms with Crippen LogP contribution in [0.4, 0.5) is 0 Å². The molecule has 0 saturated heterocycles. The molecule has 2 heteroatoms. The third-order valence-corrected chi connectivity index (χ3v) is 2.06. The van der Waals surface area contributed by atoms with E-state index in [-0.39, 0.29) is 17.0 Å². The van der Waals surface area contributed by atoms with Gasteiger partial charge in [0.1, 0.15) is 0 Å². The second-order valence-electron chi connectivity index (χ2n) is 3.05. The van der Waals surface area contributed by atoms with E-state index in [0.29, 0.717) is 6.04 Å². The molecule has 0 unspecified atom stereocenters. The van der Waals surface area contributed by atoms with Crippen LogP contribution in [0.5, 0.6) is 0 Å². The molecule has 0 heterocycles. The molecule has 0 amide bonds. The van der Waals surface area contributed by atoms with Gasteiger partial charge in [0.2, 0.25) is 0 Å². The first-order chi connectivity index (χ1) is 5.22. The molecule has 0 fully saturated rings. The van der Waals surface area contributed by atoms with Gasteiger partial charge in [0.15, 0.2) is 0 Å². The van der Waals surface area contributed by atoms with Gasteiger partial charge in [0.05, 0.1) is 0 Å². The highest BCUT2D eigenvalue weighted by atomic mass is 79.9. The fourth-order valence-corrected chi connectivity index (χ4v) is 1.03. The summed E-state index contributed by atoms with van der Waals surface area (Å²) < 4.78 is 0. The molecule has 1 atom stereocenters. The lowest BCUT2D eigenvalue weighted by molar-refractivity contribution is 0.321.